The Morgan fingerprint density at radius 1 is 1.30 bits per heavy atom. The fraction of sp³-hybridized carbons (Fsp3) is 0.467. The Morgan fingerprint density at radius 2 is 2.10 bits per heavy atom. The third-order valence-corrected chi connectivity index (χ3v) is 4.05. The molecule has 1 aromatic carbocycles. The zero-order chi connectivity index (χ0) is 14.4. The fourth-order valence-electron chi connectivity index (χ4n) is 2.36. The molecular weight excluding hydrogens is 268 g/mol. The Kier molecular flexibility index (Phi) is 5.61. The minimum Gasteiger partial charge on any atom is -0.305 e. The Morgan fingerprint density at radius 3 is 2.80 bits per heavy atom. The fourth-order valence-corrected chi connectivity index (χ4v) is 2.99. The maximum absolute atomic E-state index is 4.21. The zero-order valence-electron chi connectivity index (χ0n) is 12.3. The molecule has 2 rings (SSSR count). The van der Waals surface area contributed by atoms with Gasteiger partial charge in [-0.2, -0.15) is 0 Å². The van der Waals surface area contributed by atoms with Gasteiger partial charge in [-0.1, -0.05) is 37.3 Å². The molecule has 1 aromatic heterocycles. The lowest BCUT2D eigenvalue weighted by Crippen LogP contribution is -2.25. The number of aryl methyl sites for hydroxylation is 1. The van der Waals surface area contributed by atoms with Crippen molar-refractivity contribution in [3.63, 3.8) is 0 Å². The van der Waals surface area contributed by atoms with Crippen molar-refractivity contribution in [1.29, 1.82) is 0 Å². The summed E-state index contributed by atoms with van der Waals surface area (Å²) in [6.45, 7) is 6.09. The number of aromatic nitrogens is 3. The Balaban J connectivity index is 2.42. The van der Waals surface area contributed by atoms with Crippen LogP contribution in [-0.2, 0) is 6.54 Å². The van der Waals surface area contributed by atoms with Gasteiger partial charge in [0.15, 0.2) is 0 Å². The van der Waals surface area contributed by atoms with E-state index in [0.717, 1.165) is 25.2 Å². The van der Waals surface area contributed by atoms with E-state index in [2.05, 4.69) is 60.0 Å². The molecule has 0 aliphatic heterocycles. The molecule has 1 heterocycles. The summed E-state index contributed by atoms with van der Waals surface area (Å²) in [4.78, 5) is 1.29. The van der Waals surface area contributed by atoms with Crippen LogP contribution in [0.4, 0.5) is 0 Å². The summed E-state index contributed by atoms with van der Waals surface area (Å²) in [5.74, 6) is 0. The first-order valence-corrected chi connectivity index (χ1v) is 8.28. The smallest absolute Gasteiger partial charge is 0.0802 e. The summed E-state index contributed by atoms with van der Waals surface area (Å²) in [6, 6.07) is 8.67. The van der Waals surface area contributed by atoms with Gasteiger partial charge in [-0.05, 0) is 30.9 Å². The first kappa shape index (κ1) is 15.1. The molecule has 0 saturated heterocycles. The lowest BCUT2D eigenvalue weighted by Gasteiger charge is -2.21. The van der Waals surface area contributed by atoms with Crippen LogP contribution in [0.1, 0.15) is 37.6 Å². The molecule has 0 saturated carbocycles. The average Bonchev–Trinajstić information content (AvgIpc) is 2.93. The highest BCUT2D eigenvalue weighted by Crippen LogP contribution is 2.29. The van der Waals surface area contributed by atoms with Crippen LogP contribution in [0.3, 0.4) is 0 Å². The second-order valence-electron chi connectivity index (χ2n) is 4.61. The van der Waals surface area contributed by atoms with Crippen molar-refractivity contribution < 1.29 is 0 Å². The molecule has 0 aliphatic carbocycles. The van der Waals surface area contributed by atoms with Crippen molar-refractivity contribution in [3.8, 4) is 0 Å². The summed E-state index contributed by atoms with van der Waals surface area (Å²) < 4.78 is 2.00. The lowest BCUT2D eigenvalue weighted by molar-refractivity contribution is 0.509. The molecule has 20 heavy (non-hydrogen) atoms. The molecule has 2 aromatic rings. The highest BCUT2D eigenvalue weighted by molar-refractivity contribution is 7.98. The standard InChI is InChI=1S/C15H22N4S/c1-4-10-19-13(11-17-18-19)15(16-5-2)12-8-6-7-9-14(12)20-3/h6-9,11,15-16H,4-5,10H2,1-3H3. The molecule has 4 nitrogen and oxygen atoms in total. The van der Waals surface area contributed by atoms with Crippen molar-refractivity contribution in [1.82, 2.24) is 20.3 Å². The number of hydrogen-bond acceptors (Lipinski definition) is 4. The molecule has 0 amide bonds. The SMILES string of the molecule is CCCn1nncc1C(NCC)c1ccccc1SC. The summed E-state index contributed by atoms with van der Waals surface area (Å²) in [7, 11) is 0. The van der Waals surface area contributed by atoms with Gasteiger partial charge < -0.3 is 5.32 Å². The van der Waals surface area contributed by atoms with E-state index in [0.29, 0.717) is 0 Å². The maximum Gasteiger partial charge on any atom is 0.0802 e. The summed E-state index contributed by atoms with van der Waals surface area (Å²) in [5, 5.41) is 11.9. The number of hydrogen-bond donors (Lipinski definition) is 1. The molecule has 0 spiro atoms. The molecule has 5 heteroatoms. The molecule has 0 fully saturated rings. The van der Waals surface area contributed by atoms with E-state index in [-0.39, 0.29) is 6.04 Å². The van der Waals surface area contributed by atoms with Gasteiger partial charge in [-0.25, -0.2) is 4.68 Å². The number of rotatable bonds is 7. The van der Waals surface area contributed by atoms with Crippen LogP contribution in [0.2, 0.25) is 0 Å². The second kappa shape index (κ2) is 7.45. The first-order valence-electron chi connectivity index (χ1n) is 7.06. The topological polar surface area (TPSA) is 42.7 Å². The highest BCUT2D eigenvalue weighted by atomic mass is 32.2. The molecule has 108 valence electrons. The van der Waals surface area contributed by atoms with Crippen LogP contribution < -0.4 is 5.32 Å². The number of nitrogens with one attached hydrogen (secondary N) is 1. The van der Waals surface area contributed by atoms with Gasteiger partial charge in [0.1, 0.15) is 0 Å². The van der Waals surface area contributed by atoms with E-state index >= 15 is 0 Å². The average molecular weight is 290 g/mol. The minimum absolute atomic E-state index is 0.144. The third-order valence-electron chi connectivity index (χ3n) is 3.24. The largest absolute Gasteiger partial charge is 0.305 e. The van der Waals surface area contributed by atoms with E-state index in [4.69, 9.17) is 0 Å². The van der Waals surface area contributed by atoms with E-state index in [1.54, 1.807) is 11.8 Å². The number of nitrogens with zero attached hydrogens (tertiary/aromatic N) is 3. The molecule has 1 unspecified atom stereocenters. The summed E-state index contributed by atoms with van der Waals surface area (Å²) in [6.07, 6.45) is 5.04. The number of benzene rings is 1. The van der Waals surface area contributed by atoms with Gasteiger partial charge in [-0.15, -0.1) is 16.9 Å². The van der Waals surface area contributed by atoms with Crippen LogP contribution >= 0.6 is 11.8 Å². The Bertz CT molecular complexity index is 538. The molecule has 1 N–H and O–H groups in total. The maximum atomic E-state index is 4.21. The third kappa shape index (κ3) is 3.22. The summed E-state index contributed by atoms with van der Waals surface area (Å²) >= 11 is 1.78. The highest BCUT2D eigenvalue weighted by Gasteiger charge is 2.20. The Hall–Kier alpha value is -1.33. The minimum atomic E-state index is 0.144. The van der Waals surface area contributed by atoms with Crippen molar-refractivity contribution in [2.45, 2.75) is 37.8 Å². The molecule has 0 radical (unpaired) electrons. The predicted molar refractivity (Wildman–Crippen MR) is 84.1 cm³/mol. The predicted octanol–water partition coefficient (Wildman–Crippen LogP) is 3.11. The van der Waals surface area contributed by atoms with E-state index in [1.165, 1.54) is 10.5 Å². The lowest BCUT2D eigenvalue weighted by atomic mass is 10.0. The van der Waals surface area contributed by atoms with Gasteiger partial charge in [0.25, 0.3) is 0 Å². The molecule has 0 bridgehead atoms. The number of thioether (sulfide) groups is 1. The van der Waals surface area contributed by atoms with E-state index in [9.17, 15) is 0 Å². The van der Waals surface area contributed by atoms with Crippen molar-refractivity contribution >= 4 is 11.8 Å². The van der Waals surface area contributed by atoms with Crippen molar-refractivity contribution in [2.24, 2.45) is 0 Å². The van der Waals surface area contributed by atoms with Gasteiger partial charge in [0, 0.05) is 11.4 Å². The zero-order valence-corrected chi connectivity index (χ0v) is 13.2. The van der Waals surface area contributed by atoms with Gasteiger partial charge >= 0.3 is 0 Å². The monoisotopic (exact) mass is 290 g/mol. The van der Waals surface area contributed by atoms with Crippen molar-refractivity contribution in [2.75, 3.05) is 12.8 Å². The van der Waals surface area contributed by atoms with Crippen molar-refractivity contribution in [3.05, 3.63) is 41.7 Å². The van der Waals surface area contributed by atoms with Crippen LogP contribution in [-0.4, -0.2) is 27.8 Å². The van der Waals surface area contributed by atoms with Crippen LogP contribution in [0.5, 0.6) is 0 Å². The molecule has 0 aliphatic rings. The first-order chi connectivity index (χ1) is 9.81. The quantitative estimate of drug-likeness (QED) is 0.796. The van der Waals surface area contributed by atoms with Crippen LogP contribution in [0.25, 0.3) is 0 Å². The van der Waals surface area contributed by atoms with Crippen LogP contribution in [0.15, 0.2) is 35.4 Å². The molecular formula is C15H22N4S. The van der Waals surface area contributed by atoms with Gasteiger partial charge in [-0.3, -0.25) is 0 Å². The normalized spacial score (nSPS) is 12.6. The Labute approximate surface area is 125 Å². The van der Waals surface area contributed by atoms with E-state index < -0.39 is 0 Å². The van der Waals surface area contributed by atoms with Gasteiger partial charge in [0.2, 0.25) is 0 Å². The van der Waals surface area contributed by atoms with E-state index in [1.807, 2.05) is 10.9 Å². The van der Waals surface area contributed by atoms with Crippen LogP contribution in [0, 0.1) is 0 Å². The van der Waals surface area contributed by atoms with Gasteiger partial charge in [0.05, 0.1) is 17.9 Å². The summed E-state index contributed by atoms with van der Waals surface area (Å²) in [5.41, 5.74) is 2.43. The second-order valence-corrected chi connectivity index (χ2v) is 5.46. The molecule has 1 atom stereocenters.